The van der Waals surface area contributed by atoms with Crippen LogP contribution in [0.25, 0.3) is 0 Å². The van der Waals surface area contributed by atoms with Crippen molar-refractivity contribution < 1.29 is 23.1 Å². The van der Waals surface area contributed by atoms with E-state index in [-0.39, 0.29) is 12.2 Å². The Balaban J connectivity index is 2.19. The molecule has 1 rings (SSSR count). The number of carboxylic acids is 1. The van der Waals surface area contributed by atoms with Gasteiger partial charge >= 0.3 is 5.97 Å². The van der Waals surface area contributed by atoms with Crippen LogP contribution in [0.2, 0.25) is 0 Å². The minimum absolute atomic E-state index is 0.163. The summed E-state index contributed by atoms with van der Waals surface area (Å²) in [4.78, 5) is 22.1. The van der Waals surface area contributed by atoms with Crippen LogP contribution in [0.3, 0.4) is 0 Å². The number of hydrogen-bond donors (Lipinski definition) is 2. The van der Waals surface area contributed by atoms with E-state index >= 15 is 0 Å². The monoisotopic (exact) mass is 433 g/mol. The summed E-state index contributed by atoms with van der Waals surface area (Å²) in [5, 5.41) is 11.1. The molecule has 0 unspecified atom stereocenters. The first-order chi connectivity index (χ1) is 11.8. The van der Waals surface area contributed by atoms with Crippen molar-refractivity contribution in [3.8, 4) is 0 Å². The highest BCUT2D eigenvalue weighted by molar-refractivity contribution is 9.10. The van der Waals surface area contributed by atoms with E-state index in [2.05, 4.69) is 21.2 Å². The Bertz CT molecular complexity index is 675. The van der Waals surface area contributed by atoms with E-state index in [1.807, 2.05) is 6.07 Å². The van der Waals surface area contributed by atoms with E-state index in [1.165, 1.54) is 0 Å². The van der Waals surface area contributed by atoms with Crippen LogP contribution in [0.4, 0.5) is 0 Å². The van der Waals surface area contributed by atoms with E-state index in [0.29, 0.717) is 18.5 Å². The number of nitrogens with one attached hydrogen (secondary N) is 1. The molecule has 1 aromatic carbocycles. The third kappa shape index (κ3) is 10.9. The Morgan fingerprint density at radius 1 is 1.08 bits per heavy atom. The van der Waals surface area contributed by atoms with Crippen LogP contribution >= 0.6 is 15.9 Å². The van der Waals surface area contributed by atoms with Gasteiger partial charge in [-0.3, -0.25) is 9.59 Å². The van der Waals surface area contributed by atoms with Crippen LogP contribution in [-0.4, -0.2) is 37.7 Å². The van der Waals surface area contributed by atoms with E-state index in [1.54, 1.807) is 18.2 Å². The maximum atomic E-state index is 12.1. The number of benzene rings is 1. The van der Waals surface area contributed by atoms with Crippen molar-refractivity contribution in [2.45, 2.75) is 44.3 Å². The van der Waals surface area contributed by atoms with Gasteiger partial charge < -0.3 is 10.4 Å². The fraction of sp³-hybridized carbons (Fsp3) is 0.529. The first-order valence-corrected chi connectivity index (χ1v) is 10.8. The van der Waals surface area contributed by atoms with E-state index in [9.17, 15) is 18.0 Å². The number of rotatable bonds is 12. The summed E-state index contributed by atoms with van der Waals surface area (Å²) in [6, 6.07) is 7.00. The highest BCUT2D eigenvalue weighted by Crippen LogP contribution is 2.14. The molecule has 0 aliphatic heterocycles. The van der Waals surface area contributed by atoms with Crippen molar-refractivity contribution in [2.24, 2.45) is 0 Å². The lowest BCUT2D eigenvalue weighted by Crippen LogP contribution is -2.31. The number of sulfone groups is 1. The Morgan fingerprint density at radius 3 is 2.44 bits per heavy atom. The number of amides is 1. The zero-order valence-corrected chi connectivity index (χ0v) is 16.4. The third-order valence-corrected chi connectivity index (χ3v) is 5.48. The maximum Gasteiger partial charge on any atom is 0.303 e. The van der Waals surface area contributed by atoms with Gasteiger partial charge in [-0.1, -0.05) is 47.3 Å². The van der Waals surface area contributed by atoms with Crippen molar-refractivity contribution in [3.05, 3.63) is 34.3 Å². The number of unbranched alkanes of at least 4 members (excludes halogenated alkanes) is 4. The van der Waals surface area contributed by atoms with Crippen LogP contribution in [0.1, 0.15) is 44.1 Å². The van der Waals surface area contributed by atoms with Crippen LogP contribution in [0.15, 0.2) is 28.7 Å². The molecule has 0 radical (unpaired) electrons. The van der Waals surface area contributed by atoms with Crippen molar-refractivity contribution in [1.29, 1.82) is 0 Å². The summed E-state index contributed by atoms with van der Waals surface area (Å²) >= 11 is 3.29. The SMILES string of the molecule is O=C(O)CCCCCCCNC(=O)CS(=O)(=O)Cc1cccc(Br)c1. The van der Waals surface area contributed by atoms with Gasteiger partial charge in [-0.25, -0.2) is 8.42 Å². The quantitative estimate of drug-likeness (QED) is 0.493. The number of halogens is 1. The van der Waals surface area contributed by atoms with Crippen molar-refractivity contribution in [1.82, 2.24) is 5.32 Å². The fourth-order valence-corrected chi connectivity index (χ4v) is 4.08. The Hall–Kier alpha value is -1.41. The smallest absolute Gasteiger partial charge is 0.303 e. The summed E-state index contributed by atoms with van der Waals surface area (Å²) in [5.74, 6) is -1.95. The minimum Gasteiger partial charge on any atom is -0.481 e. The molecule has 1 aromatic rings. The van der Waals surface area contributed by atoms with Gasteiger partial charge in [-0.15, -0.1) is 0 Å². The van der Waals surface area contributed by atoms with E-state index in [4.69, 9.17) is 5.11 Å². The first kappa shape index (κ1) is 21.6. The molecule has 25 heavy (non-hydrogen) atoms. The van der Waals surface area contributed by atoms with Gasteiger partial charge in [0, 0.05) is 17.4 Å². The number of aliphatic carboxylic acids is 1. The van der Waals surface area contributed by atoms with Gasteiger partial charge in [0.05, 0.1) is 5.75 Å². The topological polar surface area (TPSA) is 101 Å². The summed E-state index contributed by atoms with van der Waals surface area (Å²) in [6.07, 6.45) is 4.24. The minimum atomic E-state index is -3.50. The van der Waals surface area contributed by atoms with Gasteiger partial charge in [-0.2, -0.15) is 0 Å². The molecule has 0 saturated carbocycles. The largest absolute Gasteiger partial charge is 0.481 e. The van der Waals surface area contributed by atoms with Crippen LogP contribution < -0.4 is 5.32 Å². The van der Waals surface area contributed by atoms with Crippen LogP contribution in [0, 0.1) is 0 Å². The molecule has 0 bridgehead atoms. The molecular weight excluding hydrogens is 410 g/mol. The highest BCUT2D eigenvalue weighted by Gasteiger charge is 2.17. The molecule has 0 aliphatic rings. The van der Waals surface area contributed by atoms with E-state index < -0.39 is 27.5 Å². The lowest BCUT2D eigenvalue weighted by atomic mass is 10.1. The second kappa shape index (κ2) is 11.3. The summed E-state index contributed by atoms with van der Waals surface area (Å²) in [7, 11) is -3.50. The second-order valence-corrected chi connectivity index (χ2v) is 8.90. The molecule has 0 atom stereocenters. The predicted octanol–water partition coefficient (Wildman–Crippen LogP) is 2.91. The molecule has 1 amide bonds. The standard InChI is InChI=1S/C17H24BrNO5S/c18-15-8-6-7-14(11-15)12-25(23,24)13-16(20)19-10-5-3-1-2-4-9-17(21)22/h6-8,11H,1-5,9-10,12-13H2,(H,19,20)(H,21,22). The number of carbonyl (C=O) groups excluding carboxylic acids is 1. The summed E-state index contributed by atoms with van der Waals surface area (Å²) in [6.45, 7) is 0.435. The van der Waals surface area contributed by atoms with Gasteiger partial charge in [-0.05, 0) is 30.5 Å². The Morgan fingerprint density at radius 2 is 1.76 bits per heavy atom. The second-order valence-electron chi connectivity index (χ2n) is 5.92. The summed E-state index contributed by atoms with van der Waals surface area (Å²) < 4.78 is 24.9. The van der Waals surface area contributed by atoms with Crippen molar-refractivity contribution in [2.75, 3.05) is 12.3 Å². The molecule has 6 nitrogen and oxygen atoms in total. The van der Waals surface area contributed by atoms with Gasteiger partial charge in [0.25, 0.3) is 0 Å². The molecule has 0 spiro atoms. The number of carbonyl (C=O) groups is 2. The van der Waals surface area contributed by atoms with Crippen LogP contribution in [0.5, 0.6) is 0 Å². The molecule has 0 aromatic heterocycles. The molecule has 8 heteroatoms. The van der Waals surface area contributed by atoms with Gasteiger partial charge in [0.15, 0.2) is 9.84 Å². The molecular formula is C17H24BrNO5S. The van der Waals surface area contributed by atoms with Gasteiger partial charge in [0.2, 0.25) is 5.91 Å². The van der Waals surface area contributed by atoms with Crippen LogP contribution in [-0.2, 0) is 25.2 Å². The number of carboxylic acid groups (broad SMARTS) is 1. The predicted molar refractivity (Wildman–Crippen MR) is 100.0 cm³/mol. The van der Waals surface area contributed by atoms with Crippen molar-refractivity contribution in [3.63, 3.8) is 0 Å². The lowest BCUT2D eigenvalue weighted by molar-refractivity contribution is -0.137. The highest BCUT2D eigenvalue weighted by atomic mass is 79.9. The molecule has 0 saturated heterocycles. The third-order valence-electron chi connectivity index (χ3n) is 3.52. The molecule has 2 N–H and O–H groups in total. The molecule has 0 fully saturated rings. The zero-order chi connectivity index (χ0) is 18.7. The Labute approximate surface area is 157 Å². The summed E-state index contributed by atoms with van der Waals surface area (Å²) in [5.41, 5.74) is 0.642. The fourth-order valence-electron chi connectivity index (χ4n) is 2.34. The van der Waals surface area contributed by atoms with Crippen molar-refractivity contribution >= 4 is 37.6 Å². The maximum absolute atomic E-state index is 12.1. The average molecular weight is 434 g/mol. The molecule has 0 heterocycles. The Kier molecular flexibility index (Phi) is 9.74. The van der Waals surface area contributed by atoms with E-state index in [0.717, 1.165) is 30.2 Å². The lowest BCUT2D eigenvalue weighted by Gasteiger charge is -2.07. The van der Waals surface area contributed by atoms with Gasteiger partial charge in [0.1, 0.15) is 5.75 Å². The zero-order valence-electron chi connectivity index (χ0n) is 14.0. The first-order valence-electron chi connectivity index (χ1n) is 8.22. The normalized spacial score (nSPS) is 11.2. The molecule has 0 aliphatic carbocycles. The molecule has 140 valence electrons. The average Bonchev–Trinajstić information content (AvgIpc) is 2.48. The number of hydrogen-bond acceptors (Lipinski definition) is 4.